The number of esters is 1. The minimum atomic E-state index is -0.0619. The van der Waals surface area contributed by atoms with Gasteiger partial charge in [0, 0.05) is 6.54 Å². The summed E-state index contributed by atoms with van der Waals surface area (Å²) in [6.07, 6.45) is 3.21. The molecule has 1 saturated heterocycles. The van der Waals surface area contributed by atoms with E-state index in [4.69, 9.17) is 4.74 Å². The summed E-state index contributed by atoms with van der Waals surface area (Å²) in [5.74, 6) is -0.0619. The first-order valence-corrected chi connectivity index (χ1v) is 7.76. The van der Waals surface area contributed by atoms with E-state index in [1.807, 2.05) is 39.0 Å². The average Bonchev–Trinajstić information content (AvgIpc) is 2.51. The highest BCUT2D eigenvalue weighted by Crippen LogP contribution is 2.20. The highest BCUT2D eigenvalue weighted by Gasteiger charge is 2.29. The molecule has 0 bridgehead atoms. The van der Waals surface area contributed by atoms with Crippen molar-refractivity contribution in [2.45, 2.75) is 52.6 Å². The number of rotatable bonds is 4. The molecule has 1 aliphatic heterocycles. The molecule has 0 amide bonds. The van der Waals surface area contributed by atoms with Gasteiger partial charge in [-0.1, -0.05) is 50.6 Å². The molecule has 3 heteroatoms. The van der Waals surface area contributed by atoms with Crippen LogP contribution in [0.5, 0.6) is 0 Å². The summed E-state index contributed by atoms with van der Waals surface area (Å²) in [6, 6.07) is 10.3. The lowest BCUT2D eigenvalue weighted by molar-refractivity contribution is -0.151. The standard InChI is InChI=1S/C15H21NO2.C2H6/c1-2-18-15(17)14-10-6-7-11-16(14)12-13-8-4-3-5-9-13;1-2/h3-5,8-9,14H,2,6-7,10-12H2,1H3;1-2H3. The third-order valence-corrected chi connectivity index (χ3v) is 3.40. The fourth-order valence-electron chi connectivity index (χ4n) is 2.50. The Balaban J connectivity index is 0.000000956. The maximum Gasteiger partial charge on any atom is 0.323 e. The number of carbonyl (C=O) groups is 1. The first-order chi connectivity index (χ1) is 9.81. The van der Waals surface area contributed by atoms with E-state index in [9.17, 15) is 4.79 Å². The second-order valence-electron chi connectivity index (χ2n) is 4.72. The maximum absolute atomic E-state index is 11.9. The maximum atomic E-state index is 11.9. The lowest BCUT2D eigenvalue weighted by Crippen LogP contribution is -2.44. The molecule has 0 radical (unpaired) electrons. The number of piperidine rings is 1. The van der Waals surface area contributed by atoms with Gasteiger partial charge in [-0.15, -0.1) is 0 Å². The Morgan fingerprint density at radius 2 is 1.95 bits per heavy atom. The Bertz CT molecular complexity index is 378. The smallest absolute Gasteiger partial charge is 0.323 e. The predicted octanol–water partition coefficient (Wildman–Crippen LogP) is 3.63. The molecule has 20 heavy (non-hydrogen) atoms. The van der Waals surface area contributed by atoms with Crippen LogP contribution in [0.15, 0.2) is 30.3 Å². The number of benzene rings is 1. The van der Waals surface area contributed by atoms with Gasteiger partial charge in [-0.25, -0.2) is 0 Å². The summed E-state index contributed by atoms with van der Waals surface area (Å²) in [6.45, 7) is 8.15. The van der Waals surface area contributed by atoms with Gasteiger partial charge in [0.25, 0.3) is 0 Å². The molecular formula is C17H27NO2. The highest BCUT2D eigenvalue weighted by atomic mass is 16.5. The lowest BCUT2D eigenvalue weighted by atomic mass is 10.0. The van der Waals surface area contributed by atoms with Crippen LogP contribution in [0.4, 0.5) is 0 Å². The largest absolute Gasteiger partial charge is 0.465 e. The molecule has 0 aromatic heterocycles. The van der Waals surface area contributed by atoms with Crippen molar-refractivity contribution in [3.05, 3.63) is 35.9 Å². The topological polar surface area (TPSA) is 29.5 Å². The fourth-order valence-corrected chi connectivity index (χ4v) is 2.50. The summed E-state index contributed by atoms with van der Waals surface area (Å²) in [5, 5.41) is 0. The molecule has 1 unspecified atom stereocenters. The molecule has 1 fully saturated rings. The molecule has 2 rings (SSSR count). The minimum Gasteiger partial charge on any atom is -0.465 e. The van der Waals surface area contributed by atoms with E-state index < -0.39 is 0 Å². The molecule has 1 aromatic rings. The zero-order chi connectivity index (χ0) is 14.8. The quantitative estimate of drug-likeness (QED) is 0.787. The van der Waals surface area contributed by atoms with Crippen molar-refractivity contribution in [1.82, 2.24) is 4.90 Å². The zero-order valence-corrected chi connectivity index (χ0v) is 13.0. The van der Waals surface area contributed by atoms with Gasteiger partial charge in [-0.3, -0.25) is 9.69 Å². The van der Waals surface area contributed by atoms with Crippen molar-refractivity contribution in [2.75, 3.05) is 13.2 Å². The molecule has 0 aliphatic carbocycles. The Labute approximate surface area is 122 Å². The van der Waals surface area contributed by atoms with Crippen LogP contribution in [0, 0.1) is 0 Å². The zero-order valence-electron chi connectivity index (χ0n) is 13.0. The molecule has 0 saturated carbocycles. The SMILES string of the molecule is CC.CCOC(=O)C1CCCCN1Cc1ccccc1. The number of carbonyl (C=O) groups excluding carboxylic acids is 1. The molecule has 1 aromatic carbocycles. The van der Waals surface area contributed by atoms with Crippen LogP contribution in [-0.4, -0.2) is 30.1 Å². The van der Waals surface area contributed by atoms with Crippen LogP contribution in [0.1, 0.15) is 45.6 Å². The second kappa shape index (κ2) is 9.54. The fraction of sp³-hybridized carbons (Fsp3) is 0.588. The molecule has 1 heterocycles. The van der Waals surface area contributed by atoms with Crippen LogP contribution in [0.25, 0.3) is 0 Å². The second-order valence-corrected chi connectivity index (χ2v) is 4.72. The molecule has 1 atom stereocenters. The number of nitrogens with zero attached hydrogens (tertiary/aromatic N) is 1. The van der Waals surface area contributed by atoms with Crippen molar-refractivity contribution in [3.8, 4) is 0 Å². The number of hydrogen-bond donors (Lipinski definition) is 0. The van der Waals surface area contributed by atoms with Gasteiger partial charge in [0.15, 0.2) is 0 Å². The third kappa shape index (κ3) is 4.97. The normalized spacial score (nSPS) is 18.9. The first-order valence-electron chi connectivity index (χ1n) is 7.76. The van der Waals surface area contributed by atoms with Gasteiger partial charge in [0.1, 0.15) is 6.04 Å². The van der Waals surface area contributed by atoms with Gasteiger partial charge < -0.3 is 4.74 Å². The van der Waals surface area contributed by atoms with Crippen molar-refractivity contribution in [3.63, 3.8) is 0 Å². The van der Waals surface area contributed by atoms with Gasteiger partial charge in [0.05, 0.1) is 6.61 Å². The van der Waals surface area contributed by atoms with Crippen LogP contribution < -0.4 is 0 Å². The van der Waals surface area contributed by atoms with E-state index in [2.05, 4.69) is 17.0 Å². The monoisotopic (exact) mass is 277 g/mol. The summed E-state index contributed by atoms with van der Waals surface area (Å²) < 4.78 is 5.17. The average molecular weight is 277 g/mol. The van der Waals surface area contributed by atoms with Crippen LogP contribution in [0.2, 0.25) is 0 Å². The first kappa shape index (κ1) is 16.7. The third-order valence-electron chi connectivity index (χ3n) is 3.40. The Morgan fingerprint density at radius 3 is 2.60 bits per heavy atom. The molecule has 0 N–H and O–H groups in total. The van der Waals surface area contributed by atoms with Crippen LogP contribution in [-0.2, 0) is 16.1 Å². The van der Waals surface area contributed by atoms with Crippen molar-refractivity contribution in [1.29, 1.82) is 0 Å². The number of likely N-dealkylation sites (tertiary alicyclic amines) is 1. The van der Waals surface area contributed by atoms with E-state index in [1.54, 1.807) is 0 Å². The molecule has 112 valence electrons. The number of hydrogen-bond acceptors (Lipinski definition) is 3. The van der Waals surface area contributed by atoms with E-state index >= 15 is 0 Å². The van der Waals surface area contributed by atoms with Crippen molar-refractivity contribution in [2.24, 2.45) is 0 Å². The van der Waals surface area contributed by atoms with Crippen molar-refractivity contribution < 1.29 is 9.53 Å². The van der Waals surface area contributed by atoms with Gasteiger partial charge >= 0.3 is 5.97 Å². The molecule has 3 nitrogen and oxygen atoms in total. The Hall–Kier alpha value is -1.35. The highest BCUT2D eigenvalue weighted by molar-refractivity contribution is 5.75. The van der Waals surface area contributed by atoms with Gasteiger partial charge in [-0.05, 0) is 31.9 Å². The summed E-state index contributed by atoms with van der Waals surface area (Å²) in [5.41, 5.74) is 1.26. The van der Waals surface area contributed by atoms with E-state index in [1.165, 1.54) is 12.0 Å². The van der Waals surface area contributed by atoms with E-state index in [-0.39, 0.29) is 12.0 Å². The molecule has 1 aliphatic rings. The minimum absolute atomic E-state index is 0.0566. The number of ether oxygens (including phenoxy) is 1. The summed E-state index contributed by atoms with van der Waals surface area (Å²) in [4.78, 5) is 14.2. The summed E-state index contributed by atoms with van der Waals surface area (Å²) >= 11 is 0. The molecule has 0 spiro atoms. The van der Waals surface area contributed by atoms with E-state index in [0.717, 1.165) is 25.9 Å². The summed E-state index contributed by atoms with van der Waals surface area (Å²) in [7, 11) is 0. The Morgan fingerprint density at radius 1 is 1.25 bits per heavy atom. The van der Waals surface area contributed by atoms with Gasteiger partial charge in [-0.2, -0.15) is 0 Å². The van der Waals surface area contributed by atoms with Crippen molar-refractivity contribution >= 4 is 5.97 Å². The molecular weight excluding hydrogens is 250 g/mol. The predicted molar refractivity (Wildman–Crippen MR) is 82.5 cm³/mol. The van der Waals surface area contributed by atoms with Crippen LogP contribution >= 0.6 is 0 Å². The lowest BCUT2D eigenvalue weighted by Gasteiger charge is -2.33. The Kier molecular flexibility index (Phi) is 7.97. The van der Waals surface area contributed by atoms with Crippen LogP contribution in [0.3, 0.4) is 0 Å². The van der Waals surface area contributed by atoms with E-state index in [0.29, 0.717) is 6.61 Å². The van der Waals surface area contributed by atoms with Gasteiger partial charge in [0.2, 0.25) is 0 Å².